The van der Waals surface area contributed by atoms with Gasteiger partial charge >= 0.3 is 0 Å². The van der Waals surface area contributed by atoms with E-state index in [1.54, 1.807) is 6.20 Å². The summed E-state index contributed by atoms with van der Waals surface area (Å²) >= 11 is 3.38. The zero-order valence-electron chi connectivity index (χ0n) is 7.13. The van der Waals surface area contributed by atoms with E-state index >= 15 is 0 Å². The van der Waals surface area contributed by atoms with Crippen LogP contribution < -0.4 is 5.32 Å². The van der Waals surface area contributed by atoms with Crippen LogP contribution in [0, 0.1) is 0 Å². The van der Waals surface area contributed by atoms with E-state index in [0.29, 0.717) is 0 Å². The Kier molecular flexibility index (Phi) is 2.59. The molecule has 2 heterocycles. The lowest BCUT2D eigenvalue weighted by molar-refractivity contribution is 0.742. The van der Waals surface area contributed by atoms with Gasteiger partial charge in [0, 0.05) is 35.5 Å². The van der Waals surface area contributed by atoms with Gasteiger partial charge < -0.3 is 5.32 Å². The fraction of sp³-hybridized carbons (Fsp3) is 0.333. The minimum Gasteiger partial charge on any atom is -0.370 e. The van der Waals surface area contributed by atoms with E-state index in [-0.39, 0.29) is 0 Å². The lowest BCUT2D eigenvalue weighted by Crippen LogP contribution is -2.30. The van der Waals surface area contributed by atoms with Gasteiger partial charge in [-0.05, 0) is 28.4 Å². The summed E-state index contributed by atoms with van der Waals surface area (Å²) in [5.74, 6) is 0.958. The van der Waals surface area contributed by atoms with Crippen LogP contribution in [0.2, 0.25) is 0 Å². The number of aliphatic imine (C=N–C) groups is 1. The average Bonchev–Trinajstić information content (AvgIpc) is 2.19. The Hall–Kier alpha value is -0.900. The van der Waals surface area contributed by atoms with Gasteiger partial charge in [0.05, 0.1) is 0 Å². The first-order valence-corrected chi connectivity index (χ1v) is 5.05. The van der Waals surface area contributed by atoms with Gasteiger partial charge in [-0.3, -0.25) is 9.98 Å². The fourth-order valence-electron chi connectivity index (χ4n) is 1.27. The molecule has 0 aliphatic carbocycles. The molecule has 0 spiro atoms. The standard InChI is InChI=1S/C9H10BrN3/c10-8-4-7(5-11-6-8)9-12-2-1-3-13-9/h4-6H,1-3H2,(H,12,13). The highest BCUT2D eigenvalue weighted by Gasteiger charge is 2.06. The Labute approximate surface area is 85.4 Å². The molecule has 0 amide bonds. The summed E-state index contributed by atoms with van der Waals surface area (Å²) in [6, 6.07) is 2.02. The fourth-order valence-corrected chi connectivity index (χ4v) is 1.63. The summed E-state index contributed by atoms with van der Waals surface area (Å²) in [6.07, 6.45) is 4.71. The van der Waals surface area contributed by atoms with Gasteiger partial charge in [0.25, 0.3) is 0 Å². The van der Waals surface area contributed by atoms with Crippen molar-refractivity contribution in [2.24, 2.45) is 4.99 Å². The normalized spacial score (nSPS) is 16.2. The molecular formula is C9H10BrN3. The van der Waals surface area contributed by atoms with Crippen LogP contribution in [0.5, 0.6) is 0 Å². The maximum Gasteiger partial charge on any atom is 0.129 e. The number of nitrogens with zero attached hydrogens (tertiary/aromatic N) is 2. The summed E-state index contributed by atoms with van der Waals surface area (Å²) in [4.78, 5) is 8.48. The van der Waals surface area contributed by atoms with Crippen molar-refractivity contribution < 1.29 is 0 Å². The van der Waals surface area contributed by atoms with E-state index < -0.39 is 0 Å². The summed E-state index contributed by atoms with van der Waals surface area (Å²) in [7, 11) is 0. The third-order valence-electron chi connectivity index (χ3n) is 1.88. The average molecular weight is 240 g/mol. The molecule has 2 rings (SSSR count). The molecule has 4 heteroatoms. The third kappa shape index (κ3) is 2.06. The summed E-state index contributed by atoms with van der Waals surface area (Å²) in [6.45, 7) is 1.92. The number of pyridine rings is 1. The Morgan fingerprint density at radius 3 is 3.00 bits per heavy atom. The van der Waals surface area contributed by atoms with Crippen molar-refractivity contribution in [2.75, 3.05) is 13.1 Å². The van der Waals surface area contributed by atoms with Gasteiger partial charge in [-0.1, -0.05) is 0 Å². The zero-order valence-corrected chi connectivity index (χ0v) is 8.71. The number of aromatic nitrogens is 1. The molecule has 1 aliphatic rings. The molecule has 13 heavy (non-hydrogen) atoms. The van der Waals surface area contributed by atoms with Gasteiger partial charge in [-0.25, -0.2) is 0 Å². The molecule has 68 valence electrons. The molecule has 0 bridgehead atoms. The van der Waals surface area contributed by atoms with Crippen molar-refractivity contribution in [1.82, 2.24) is 10.3 Å². The van der Waals surface area contributed by atoms with Crippen LogP contribution >= 0.6 is 15.9 Å². The molecule has 0 unspecified atom stereocenters. The Balaban J connectivity index is 2.29. The van der Waals surface area contributed by atoms with Gasteiger partial charge in [0.15, 0.2) is 0 Å². The monoisotopic (exact) mass is 239 g/mol. The molecule has 1 aromatic heterocycles. The minimum atomic E-state index is 0.912. The topological polar surface area (TPSA) is 37.3 Å². The number of halogens is 1. The van der Waals surface area contributed by atoms with Crippen molar-refractivity contribution >= 4 is 21.8 Å². The van der Waals surface area contributed by atoms with E-state index in [1.165, 1.54) is 0 Å². The molecule has 0 saturated heterocycles. The molecule has 1 N–H and O–H groups in total. The smallest absolute Gasteiger partial charge is 0.129 e. The highest BCUT2D eigenvalue weighted by Crippen LogP contribution is 2.10. The quantitative estimate of drug-likeness (QED) is 0.809. The van der Waals surface area contributed by atoms with Gasteiger partial charge in [0.2, 0.25) is 0 Å². The van der Waals surface area contributed by atoms with E-state index in [9.17, 15) is 0 Å². The van der Waals surface area contributed by atoms with Crippen LogP contribution in [0.4, 0.5) is 0 Å². The second-order valence-corrected chi connectivity index (χ2v) is 3.82. The molecule has 0 fully saturated rings. The van der Waals surface area contributed by atoms with Crippen LogP contribution in [0.3, 0.4) is 0 Å². The highest BCUT2D eigenvalue weighted by atomic mass is 79.9. The van der Waals surface area contributed by atoms with E-state index in [2.05, 4.69) is 31.2 Å². The van der Waals surface area contributed by atoms with Crippen LogP contribution in [0.1, 0.15) is 12.0 Å². The number of rotatable bonds is 1. The second-order valence-electron chi connectivity index (χ2n) is 2.90. The predicted molar refractivity (Wildman–Crippen MR) is 56.0 cm³/mol. The third-order valence-corrected chi connectivity index (χ3v) is 2.31. The second kappa shape index (κ2) is 3.87. The lowest BCUT2D eigenvalue weighted by atomic mass is 10.2. The molecule has 0 saturated carbocycles. The molecule has 0 atom stereocenters. The summed E-state index contributed by atoms with van der Waals surface area (Å²) < 4.78 is 0.986. The van der Waals surface area contributed by atoms with E-state index in [1.807, 2.05) is 12.3 Å². The maximum absolute atomic E-state index is 4.39. The highest BCUT2D eigenvalue weighted by molar-refractivity contribution is 9.10. The largest absolute Gasteiger partial charge is 0.370 e. The molecule has 1 aromatic rings. The van der Waals surface area contributed by atoms with Crippen molar-refractivity contribution in [3.63, 3.8) is 0 Å². The van der Waals surface area contributed by atoms with E-state index in [4.69, 9.17) is 0 Å². The number of hydrogen-bond donors (Lipinski definition) is 1. The van der Waals surface area contributed by atoms with Crippen LogP contribution in [0.15, 0.2) is 27.9 Å². The Morgan fingerprint density at radius 2 is 2.31 bits per heavy atom. The van der Waals surface area contributed by atoms with Crippen molar-refractivity contribution in [3.05, 3.63) is 28.5 Å². The molecule has 3 nitrogen and oxygen atoms in total. The molecule has 1 aliphatic heterocycles. The molecular weight excluding hydrogens is 230 g/mol. The summed E-state index contributed by atoms with van der Waals surface area (Å²) in [5.41, 5.74) is 1.05. The minimum absolute atomic E-state index is 0.912. The van der Waals surface area contributed by atoms with Crippen LogP contribution in [-0.4, -0.2) is 23.9 Å². The number of amidine groups is 1. The molecule has 0 radical (unpaired) electrons. The first-order valence-electron chi connectivity index (χ1n) is 4.25. The lowest BCUT2D eigenvalue weighted by Gasteiger charge is -2.14. The van der Waals surface area contributed by atoms with E-state index in [0.717, 1.165) is 35.4 Å². The Bertz CT molecular complexity index is 335. The summed E-state index contributed by atoms with van der Waals surface area (Å²) in [5, 5.41) is 3.25. The Morgan fingerprint density at radius 1 is 1.38 bits per heavy atom. The maximum atomic E-state index is 4.39. The van der Waals surface area contributed by atoms with Gasteiger partial charge in [0.1, 0.15) is 5.84 Å². The SMILES string of the molecule is Brc1cncc(C2=NCCCN2)c1. The first-order chi connectivity index (χ1) is 6.36. The first kappa shape index (κ1) is 8.69. The van der Waals surface area contributed by atoms with Crippen LogP contribution in [-0.2, 0) is 0 Å². The number of hydrogen-bond acceptors (Lipinski definition) is 3. The van der Waals surface area contributed by atoms with Crippen molar-refractivity contribution in [2.45, 2.75) is 6.42 Å². The molecule has 0 aromatic carbocycles. The van der Waals surface area contributed by atoms with Crippen LogP contribution in [0.25, 0.3) is 0 Å². The van der Waals surface area contributed by atoms with Crippen molar-refractivity contribution in [3.8, 4) is 0 Å². The number of nitrogens with one attached hydrogen (secondary N) is 1. The van der Waals surface area contributed by atoms with Gasteiger partial charge in [-0.15, -0.1) is 0 Å². The zero-order chi connectivity index (χ0) is 9.10. The predicted octanol–water partition coefficient (Wildman–Crippen LogP) is 1.58. The van der Waals surface area contributed by atoms with Gasteiger partial charge in [-0.2, -0.15) is 0 Å². The van der Waals surface area contributed by atoms with Crippen molar-refractivity contribution in [1.29, 1.82) is 0 Å².